The average molecular weight is 489 g/mol. The molecule has 0 aromatic heterocycles. The second kappa shape index (κ2) is 13.1. The molecule has 1 saturated heterocycles. The van der Waals surface area contributed by atoms with Gasteiger partial charge in [-0.1, -0.05) is 54.6 Å². The zero-order valence-corrected chi connectivity index (χ0v) is 20.8. The molecule has 3 aromatic carbocycles. The lowest BCUT2D eigenvalue weighted by Crippen LogP contribution is -2.37. The maximum absolute atomic E-state index is 11.6. The third-order valence-electron chi connectivity index (χ3n) is 6.50. The summed E-state index contributed by atoms with van der Waals surface area (Å²) in [7, 11) is 0. The summed E-state index contributed by atoms with van der Waals surface area (Å²) in [6.45, 7) is 6.64. The Morgan fingerprint density at radius 1 is 0.806 bits per heavy atom. The quantitative estimate of drug-likeness (QED) is 0.453. The average Bonchev–Trinajstić information content (AvgIpc) is 3.13. The fourth-order valence-corrected chi connectivity index (χ4v) is 4.54. The summed E-state index contributed by atoms with van der Waals surface area (Å²) in [5.74, 6) is 0.894. The van der Waals surface area contributed by atoms with Crippen LogP contribution in [-0.4, -0.2) is 60.3 Å². The number of nitrogens with two attached hydrogens (primary N) is 1. The Balaban J connectivity index is 1.24. The molecular formula is C29H36N4O3. The van der Waals surface area contributed by atoms with Crippen molar-refractivity contribution in [3.8, 4) is 5.75 Å². The predicted octanol–water partition coefficient (Wildman–Crippen LogP) is 3.85. The molecule has 0 saturated carbocycles. The van der Waals surface area contributed by atoms with E-state index in [1.807, 2.05) is 42.5 Å². The van der Waals surface area contributed by atoms with E-state index >= 15 is 0 Å². The van der Waals surface area contributed by atoms with Crippen molar-refractivity contribution >= 4 is 11.7 Å². The van der Waals surface area contributed by atoms with Crippen LogP contribution in [0.1, 0.15) is 23.1 Å². The first-order chi connectivity index (χ1) is 17.6. The molecule has 1 fully saturated rings. The number of amides is 2. The number of rotatable bonds is 10. The van der Waals surface area contributed by atoms with Gasteiger partial charge in [-0.15, -0.1) is 0 Å². The largest absolute Gasteiger partial charge is 0.489 e. The van der Waals surface area contributed by atoms with Gasteiger partial charge in [0.2, 0.25) is 0 Å². The molecule has 0 atom stereocenters. The SMILES string of the molecule is NC(=O)N(CCO)c1ccc(CN2CCCN(Cc3ccc(OCc4ccccc4)cc3)CC2)cc1. The van der Waals surface area contributed by atoms with Crippen LogP contribution < -0.4 is 15.4 Å². The first kappa shape index (κ1) is 25.7. The fraction of sp³-hybridized carbons (Fsp3) is 0.345. The van der Waals surface area contributed by atoms with Crippen molar-refractivity contribution in [3.63, 3.8) is 0 Å². The molecule has 1 aliphatic heterocycles. The lowest BCUT2D eigenvalue weighted by atomic mass is 10.1. The number of nitrogens with zero attached hydrogens (tertiary/aromatic N) is 3. The Morgan fingerprint density at radius 3 is 1.94 bits per heavy atom. The summed E-state index contributed by atoms with van der Waals surface area (Å²) in [5, 5.41) is 9.17. The molecule has 3 N–H and O–H groups in total. The number of aliphatic hydroxyl groups is 1. The number of primary amides is 1. The van der Waals surface area contributed by atoms with Crippen LogP contribution in [0.5, 0.6) is 5.75 Å². The first-order valence-electron chi connectivity index (χ1n) is 12.6. The van der Waals surface area contributed by atoms with Crippen LogP contribution in [0.2, 0.25) is 0 Å². The summed E-state index contributed by atoms with van der Waals surface area (Å²) < 4.78 is 5.91. The van der Waals surface area contributed by atoms with Crippen LogP contribution in [0.3, 0.4) is 0 Å². The Kier molecular flexibility index (Phi) is 9.33. The van der Waals surface area contributed by atoms with Crippen molar-refractivity contribution in [3.05, 3.63) is 95.6 Å². The number of anilines is 1. The van der Waals surface area contributed by atoms with Crippen LogP contribution in [0.15, 0.2) is 78.9 Å². The van der Waals surface area contributed by atoms with Gasteiger partial charge in [0, 0.05) is 31.9 Å². The second-order valence-electron chi connectivity index (χ2n) is 9.20. The maximum atomic E-state index is 11.6. The van der Waals surface area contributed by atoms with Gasteiger partial charge < -0.3 is 15.6 Å². The number of aliphatic hydroxyl groups excluding tert-OH is 1. The van der Waals surface area contributed by atoms with Crippen molar-refractivity contribution in [1.82, 2.24) is 9.80 Å². The molecule has 0 bridgehead atoms. The van der Waals surface area contributed by atoms with Crippen molar-refractivity contribution in [1.29, 1.82) is 0 Å². The molecule has 7 nitrogen and oxygen atoms in total. The minimum absolute atomic E-state index is 0.124. The van der Waals surface area contributed by atoms with Gasteiger partial charge in [-0.05, 0) is 60.5 Å². The minimum Gasteiger partial charge on any atom is -0.489 e. The number of carbonyl (C=O) groups is 1. The monoisotopic (exact) mass is 488 g/mol. The Bertz CT molecular complexity index is 1070. The Labute approximate surface area is 213 Å². The first-order valence-corrected chi connectivity index (χ1v) is 12.6. The van der Waals surface area contributed by atoms with Gasteiger partial charge in [0.05, 0.1) is 13.2 Å². The van der Waals surface area contributed by atoms with Crippen LogP contribution in [0, 0.1) is 0 Å². The highest BCUT2D eigenvalue weighted by Gasteiger charge is 2.16. The summed E-state index contributed by atoms with van der Waals surface area (Å²) in [4.78, 5) is 18.0. The van der Waals surface area contributed by atoms with E-state index in [0.29, 0.717) is 12.3 Å². The van der Waals surface area contributed by atoms with Crippen molar-refractivity contribution in [2.24, 2.45) is 5.73 Å². The van der Waals surface area contributed by atoms with Crippen LogP contribution in [-0.2, 0) is 19.7 Å². The summed E-state index contributed by atoms with van der Waals surface area (Å²) >= 11 is 0. The molecule has 3 aromatic rings. The fourth-order valence-electron chi connectivity index (χ4n) is 4.54. The van der Waals surface area contributed by atoms with E-state index in [-0.39, 0.29) is 13.2 Å². The predicted molar refractivity (Wildman–Crippen MR) is 143 cm³/mol. The molecule has 190 valence electrons. The molecule has 0 spiro atoms. The lowest BCUT2D eigenvalue weighted by molar-refractivity contribution is 0.247. The van der Waals surface area contributed by atoms with Crippen LogP contribution in [0.25, 0.3) is 0 Å². The molecule has 1 heterocycles. The molecule has 1 aliphatic rings. The zero-order chi connectivity index (χ0) is 25.2. The highest BCUT2D eigenvalue weighted by Crippen LogP contribution is 2.19. The summed E-state index contributed by atoms with van der Waals surface area (Å²) in [6, 6.07) is 26.0. The smallest absolute Gasteiger partial charge is 0.319 e. The number of carbonyl (C=O) groups excluding carboxylic acids is 1. The normalized spacial score (nSPS) is 14.8. The highest BCUT2D eigenvalue weighted by atomic mass is 16.5. The van der Waals surface area contributed by atoms with Crippen LogP contribution >= 0.6 is 0 Å². The van der Waals surface area contributed by atoms with E-state index in [1.165, 1.54) is 21.6 Å². The number of hydrogen-bond acceptors (Lipinski definition) is 5. The summed E-state index contributed by atoms with van der Waals surface area (Å²) in [6.07, 6.45) is 1.13. The van der Waals surface area contributed by atoms with E-state index in [9.17, 15) is 4.79 Å². The number of urea groups is 1. The lowest BCUT2D eigenvalue weighted by Gasteiger charge is -2.23. The highest BCUT2D eigenvalue weighted by molar-refractivity contribution is 5.90. The number of hydrogen-bond donors (Lipinski definition) is 2. The van der Waals surface area contributed by atoms with Gasteiger partial charge in [-0.2, -0.15) is 0 Å². The van der Waals surface area contributed by atoms with Gasteiger partial charge in [-0.3, -0.25) is 14.7 Å². The molecule has 7 heteroatoms. The topological polar surface area (TPSA) is 82.3 Å². The summed E-state index contributed by atoms with van der Waals surface area (Å²) in [5.41, 5.74) is 9.80. The number of benzene rings is 3. The third kappa shape index (κ3) is 7.55. The van der Waals surface area contributed by atoms with Crippen molar-refractivity contribution in [2.75, 3.05) is 44.2 Å². The van der Waals surface area contributed by atoms with E-state index in [4.69, 9.17) is 15.6 Å². The molecule has 0 aliphatic carbocycles. The van der Waals surface area contributed by atoms with Gasteiger partial charge in [-0.25, -0.2) is 4.79 Å². The van der Waals surface area contributed by atoms with Crippen molar-refractivity contribution < 1.29 is 14.6 Å². The molecule has 0 unspecified atom stereocenters. The van der Waals surface area contributed by atoms with E-state index < -0.39 is 6.03 Å². The van der Waals surface area contributed by atoms with Gasteiger partial charge in [0.15, 0.2) is 0 Å². The van der Waals surface area contributed by atoms with Gasteiger partial charge in [0.25, 0.3) is 0 Å². The van der Waals surface area contributed by atoms with E-state index in [1.54, 1.807) is 0 Å². The molecule has 0 radical (unpaired) electrons. The molecule has 2 amide bonds. The zero-order valence-electron chi connectivity index (χ0n) is 20.8. The van der Waals surface area contributed by atoms with Crippen molar-refractivity contribution in [2.45, 2.75) is 26.1 Å². The third-order valence-corrected chi connectivity index (χ3v) is 6.50. The molecular weight excluding hydrogens is 452 g/mol. The Morgan fingerprint density at radius 2 is 1.39 bits per heavy atom. The maximum Gasteiger partial charge on any atom is 0.319 e. The van der Waals surface area contributed by atoms with Gasteiger partial charge in [0.1, 0.15) is 12.4 Å². The number of ether oxygens (including phenoxy) is 1. The molecule has 4 rings (SSSR count). The minimum atomic E-state index is -0.557. The standard InChI is InChI=1S/C29H36N4O3/c30-29(35)33(19-20-34)27-11-7-24(8-12-27)21-31-15-4-16-32(18-17-31)22-25-9-13-28(14-10-25)36-23-26-5-2-1-3-6-26/h1-3,5-14,34H,4,15-23H2,(H2,30,35). The van der Waals surface area contributed by atoms with E-state index in [2.05, 4.69) is 46.2 Å². The van der Waals surface area contributed by atoms with E-state index in [0.717, 1.165) is 51.4 Å². The van der Waals surface area contributed by atoms with Gasteiger partial charge >= 0.3 is 6.03 Å². The Hall–Kier alpha value is -3.39. The van der Waals surface area contributed by atoms with Crippen LogP contribution in [0.4, 0.5) is 10.5 Å². The second-order valence-corrected chi connectivity index (χ2v) is 9.20. The molecule has 36 heavy (non-hydrogen) atoms.